The maximum atomic E-state index is 11.6. The molecule has 0 radical (unpaired) electrons. The van der Waals surface area contributed by atoms with Crippen molar-refractivity contribution in [3.63, 3.8) is 0 Å². The minimum atomic E-state index is -0.360. The lowest BCUT2D eigenvalue weighted by Crippen LogP contribution is -2.08. The lowest BCUT2D eigenvalue weighted by molar-refractivity contribution is 0.0596. The van der Waals surface area contributed by atoms with E-state index in [-0.39, 0.29) is 12.1 Å². The highest BCUT2D eigenvalue weighted by molar-refractivity contribution is 5.97. The summed E-state index contributed by atoms with van der Waals surface area (Å²) in [6.45, 7) is 0. The number of methoxy groups -OCH3 is 1. The van der Waals surface area contributed by atoms with Crippen molar-refractivity contribution in [2.75, 3.05) is 7.11 Å². The van der Waals surface area contributed by atoms with Crippen LogP contribution < -0.4 is 4.74 Å². The molecule has 3 nitrogen and oxygen atoms in total. The third-order valence-electron chi connectivity index (χ3n) is 2.84. The van der Waals surface area contributed by atoms with Gasteiger partial charge in [-0.2, -0.15) is 0 Å². The van der Waals surface area contributed by atoms with Gasteiger partial charge in [-0.3, -0.25) is 0 Å². The van der Waals surface area contributed by atoms with Crippen LogP contribution in [0.25, 0.3) is 5.57 Å². The van der Waals surface area contributed by atoms with Crippen molar-refractivity contribution in [3.8, 4) is 5.75 Å². The average Bonchev–Trinajstić information content (AvgIpc) is 2.87. The Hall–Kier alpha value is -2.03. The molecule has 2 aliphatic rings. The molecule has 3 heteroatoms. The minimum Gasteiger partial charge on any atom is -0.480 e. The first-order chi connectivity index (χ1) is 7.81. The second-order valence-corrected chi connectivity index (χ2v) is 3.72. The van der Waals surface area contributed by atoms with Crippen LogP contribution in [0.4, 0.5) is 0 Å². The number of rotatable bonds is 1. The van der Waals surface area contributed by atoms with Crippen molar-refractivity contribution in [3.05, 3.63) is 47.6 Å². The maximum absolute atomic E-state index is 11.6. The molecule has 0 saturated carbocycles. The molecule has 1 heterocycles. The van der Waals surface area contributed by atoms with Crippen LogP contribution in [0.5, 0.6) is 5.75 Å². The lowest BCUT2D eigenvalue weighted by atomic mass is 10.0. The number of fused-ring (bicyclic) bond motifs is 3. The number of benzene rings is 1. The van der Waals surface area contributed by atoms with Crippen LogP contribution in [-0.4, -0.2) is 19.2 Å². The molecule has 1 aromatic carbocycles. The molecule has 1 aromatic rings. The molecule has 3 rings (SSSR count). The van der Waals surface area contributed by atoms with E-state index in [0.717, 1.165) is 11.1 Å². The summed E-state index contributed by atoms with van der Waals surface area (Å²) in [6, 6.07) is 5.52. The number of hydrogen-bond donors (Lipinski definition) is 0. The van der Waals surface area contributed by atoms with E-state index in [4.69, 9.17) is 9.47 Å². The predicted molar refractivity (Wildman–Crippen MR) is 59.3 cm³/mol. The van der Waals surface area contributed by atoms with E-state index in [0.29, 0.717) is 11.3 Å². The van der Waals surface area contributed by atoms with Crippen LogP contribution in [0.3, 0.4) is 0 Å². The Morgan fingerprint density at radius 1 is 1.44 bits per heavy atom. The molecule has 0 bridgehead atoms. The summed E-state index contributed by atoms with van der Waals surface area (Å²) in [7, 11) is 1.37. The van der Waals surface area contributed by atoms with E-state index in [9.17, 15) is 4.79 Å². The van der Waals surface area contributed by atoms with E-state index in [1.165, 1.54) is 7.11 Å². The molecule has 1 aliphatic heterocycles. The molecule has 0 N–H and O–H groups in total. The second kappa shape index (κ2) is 3.23. The number of para-hydroxylation sites is 1. The first-order valence-electron chi connectivity index (χ1n) is 5.08. The molecule has 80 valence electrons. The van der Waals surface area contributed by atoms with Gasteiger partial charge >= 0.3 is 5.97 Å². The smallest absolute Gasteiger partial charge is 0.341 e. The van der Waals surface area contributed by atoms with Crippen molar-refractivity contribution in [2.24, 2.45) is 0 Å². The average molecular weight is 214 g/mol. The van der Waals surface area contributed by atoms with Crippen LogP contribution >= 0.6 is 0 Å². The number of carbonyl (C=O) groups is 1. The standard InChI is InChI=1S/C13H10O3/c1-15-13(14)10-6-2-5-9-8-4-3-7-11(8)16-12(9)10/h2-7,11H,1H3. The molecular formula is C13H10O3. The fourth-order valence-electron chi connectivity index (χ4n) is 2.09. The minimum absolute atomic E-state index is 0.0409. The number of ether oxygens (including phenoxy) is 2. The number of carbonyl (C=O) groups excluding carboxylic acids is 1. The normalized spacial score (nSPS) is 19.8. The molecule has 0 spiro atoms. The highest BCUT2D eigenvalue weighted by atomic mass is 16.5. The summed E-state index contributed by atoms with van der Waals surface area (Å²) in [5.41, 5.74) is 2.59. The molecule has 0 aromatic heterocycles. The number of esters is 1. The van der Waals surface area contributed by atoms with Crippen LogP contribution in [0.2, 0.25) is 0 Å². The zero-order chi connectivity index (χ0) is 11.1. The van der Waals surface area contributed by atoms with Crippen molar-refractivity contribution in [1.82, 2.24) is 0 Å². The predicted octanol–water partition coefficient (Wildman–Crippen LogP) is 2.19. The van der Waals surface area contributed by atoms with Gasteiger partial charge in [0, 0.05) is 11.1 Å². The summed E-state index contributed by atoms with van der Waals surface area (Å²) in [4.78, 5) is 11.6. The van der Waals surface area contributed by atoms with Gasteiger partial charge in [0.15, 0.2) is 0 Å². The highest BCUT2D eigenvalue weighted by Gasteiger charge is 2.32. The van der Waals surface area contributed by atoms with Crippen molar-refractivity contribution >= 4 is 11.5 Å². The van der Waals surface area contributed by atoms with Crippen LogP contribution in [0.1, 0.15) is 15.9 Å². The second-order valence-electron chi connectivity index (χ2n) is 3.72. The van der Waals surface area contributed by atoms with Crippen LogP contribution in [0, 0.1) is 0 Å². The summed E-state index contributed by atoms with van der Waals surface area (Å²) in [6.07, 6.45) is 5.91. The lowest BCUT2D eigenvalue weighted by Gasteiger charge is -2.06. The fourth-order valence-corrected chi connectivity index (χ4v) is 2.09. The third-order valence-corrected chi connectivity index (χ3v) is 2.84. The highest BCUT2D eigenvalue weighted by Crippen LogP contribution is 2.42. The molecule has 1 atom stereocenters. The number of allylic oxidation sites excluding steroid dienone is 2. The van der Waals surface area contributed by atoms with Crippen molar-refractivity contribution in [1.29, 1.82) is 0 Å². The molecule has 1 aliphatic carbocycles. The quantitative estimate of drug-likeness (QED) is 0.672. The Labute approximate surface area is 93.0 Å². The zero-order valence-electron chi connectivity index (χ0n) is 8.77. The maximum Gasteiger partial charge on any atom is 0.341 e. The Balaban J connectivity index is 2.14. The van der Waals surface area contributed by atoms with E-state index in [1.54, 1.807) is 6.07 Å². The first-order valence-corrected chi connectivity index (χ1v) is 5.08. The molecular weight excluding hydrogens is 204 g/mol. The molecule has 1 unspecified atom stereocenters. The van der Waals surface area contributed by atoms with Crippen molar-refractivity contribution in [2.45, 2.75) is 6.10 Å². The van der Waals surface area contributed by atoms with Gasteiger partial charge in [0.2, 0.25) is 0 Å². The monoisotopic (exact) mass is 214 g/mol. The van der Waals surface area contributed by atoms with E-state index in [2.05, 4.69) is 0 Å². The van der Waals surface area contributed by atoms with Gasteiger partial charge in [0.05, 0.1) is 7.11 Å². The third kappa shape index (κ3) is 1.11. The van der Waals surface area contributed by atoms with E-state index < -0.39 is 0 Å². The van der Waals surface area contributed by atoms with Crippen LogP contribution in [0.15, 0.2) is 36.4 Å². The zero-order valence-corrected chi connectivity index (χ0v) is 8.77. The first kappa shape index (κ1) is 9.21. The molecule has 0 amide bonds. The Bertz CT molecular complexity index is 526. The molecule has 16 heavy (non-hydrogen) atoms. The summed E-state index contributed by atoms with van der Waals surface area (Å²) in [5, 5.41) is 0. The summed E-state index contributed by atoms with van der Waals surface area (Å²) >= 11 is 0. The van der Waals surface area contributed by atoms with Gasteiger partial charge in [-0.05, 0) is 12.1 Å². The topological polar surface area (TPSA) is 35.5 Å². The Kier molecular flexibility index (Phi) is 1.86. The van der Waals surface area contributed by atoms with Gasteiger partial charge in [-0.1, -0.05) is 24.3 Å². The van der Waals surface area contributed by atoms with Gasteiger partial charge in [-0.25, -0.2) is 4.79 Å². The molecule has 0 saturated heterocycles. The van der Waals surface area contributed by atoms with Gasteiger partial charge in [0.1, 0.15) is 17.4 Å². The fraction of sp³-hybridized carbons (Fsp3) is 0.154. The summed E-state index contributed by atoms with van der Waals surface area (Å²) in [5.74, 6) is 0.274. The SMILES string of the molecule is COC(=O)c1cccc2c1OC1C=CC=C21. The molecule has 0 fully saturated rings. The largest absolute Gasteiger partial charge is 0.480 e. The van der Waals surface area contributed by atoms with Gasteiger partial charge in [0.25, 0.3) is 0 Å². The van der Waals surface area contributed by atoms with Crippen molar-refractivity contribution < 1.29 is 14.3 Å². The Morgan fingerprint density at radius 2 is 2.31 bits per heavy atom. The summed E-state index contributed by atoms with van der Waals surface area (Å²) < 4.78 is 10.5. The van der Waals surface area contributed by atoms with Gasteiger partial charge in [-0.15, -0.1) is 0 Å². The van der Waals surface area contributed by atoms with Gasteiger partial charge < -0.3 is 9.47 Å². The Morgan fingerprint density at radius 3 is 3.12 bits per heavy atom. The van der Waals surface area contributed by atoms with E-state index in [1.807, 2.05) is 30.4 Å². The van der Waals surface area contributed by atoms with E-state index >= 15 is 0 Å². The number of hydrogen-bond acceptors (Lipinski definition) is 3. The van der Waals surface area contributed by atoms with Crippen LogP contribution in [-0.2, 0) is 4.74 Å².